The number of imide groups is 1. The van der Waals surface area contributed by atoms with Crippen LogP contribution in [0.5, 0.6) is 0 Å². The highest BCUT2D eigenvalue weighted by molar-refractivity contribution is 6.22. The predicted molar refractivity (Wildman–Crippen MR) is 104 cm³/mol. The number of hydrogen-bond donors (Lipinski definition) is 0. The van der Waals surface area contributed by atoms with Crippen molar-refractivity contribution in [3.05, 3.63) is 70.3 Å². The quantitative estimate of drug-likeness (QED) is 0.655. The maximum Gasteiger partial charge on any atom is 0.416 e. The maximum absolute atomic E-state index is 12.8. The fraction of sp³-hybridized carbons (Fsp3) is 0.318. The van der Waals surface area contributed by atoms with Crippen molar-refractivity contribution in [3.63, 3.8) is 0 Å². The summed E-state index contributed by atoms with van der Waals surface area (Å²) < 4.78 is 38.0. The van der Waals surface area contributed by atoms with Crippen LogP contribution in [0.1, 0.15) is 62.0 Å². The number of carbonyl (C=O) groups is 3. The van der Waals surface area contributed by atoms with E-state index in [0.717, 1.165) is 18.6 Å². The minimum absolute atomic E-state index is 0.101. The van der Waals surface area contributed by atoms with Crippen molar-refractivity contribution in [2.45, 2.75) is 32.5 Å². The third kappa shape index (κ3) is 4.22. The van der Waals surface area contributed by atoms with E-state index >= 15 is 0 Å². The average Bonchev–Trinajstić information content (AvgIpc) is 2.95. The Labute approximate surface area is 172 Å². The van der Waals surface area contributed by atoms with Gasteiger partial charge in [-0.3, -0.25) is 19.3 Å². The predicted octanol–water partition coefficient (Wildman–Crippen LogP) is 4.37. The smallest absolute Gasteiger partial charge is 0.337 e. The molecule has 5 nitrogen and oxygen atoms in total. The van der Waals surface area contributed by atoms with Crippen LogP contribution in [0.15, 0.2) is 42.5 Å². The highest BCUT2D eigenvalue weighted by atomic mass is 19.4. The molecular formula is C22H21F3N2O3. The molecule has 0 atom stereocenters. The number of nitrogens with zero attached hydrogens (tertiary/aromatic N) is 2. The Hall–Kier alpha value is -3.16. The zero-order valence-electron chi connectivity index (χ0n) is 16.6. The molecular weight excluding hydrogens is 397 g/mol. The van der Waals surface area contributed by atoms with Crippen LogP contribution in [-0.2, 0) is 12.7 Å². The molecule has 2 aromatic carbocycles. The molecule has 0 unspecified atom stereocenters. The zero-order valence-corrected chi connectivity index (χ0v) is 16.6. The molecule has 1 heterocycles. The summed E-state index contributed by atoms with van der Waals surface area (Å²) in [5.74, 6) is -1.17. The summed E-state index contributed by atoms with van der Waals surface area (Å²) in [4.78, 5) is 40.2. The van der Waals surface area contributed by atoms with Crippen LogP contribution in [0.2, 0.25) is 0 Å². The van der Waals surface area contributed by atoms with Crippen LogP contribution in [0.25, 0.3) is 0 Å². The van der Waals surface area contributed by atoms with Gasteiger partial charge in [-0.25, -0.2) is 0 Å². The Morgan fingerprint density at radius 2 is 1.63 bits per heavy atom. The van der Waals surface area contributed by atoms with E-state index in [4.69, 9.17) is 0 Å². The van der Waals surface area contributed by atoms with Gasteiger partial charge in [0.2, 0.25) is 0 Å². The van der Waals surface area contributed by atoms with Gasteiger partial charge in [-0.15, -0.1) is 0 Å². The summed E-state index contributed by atoms with van der Waals surface area (Å²) in [5.41, 5.74) is 0.497. The normalized spacial score (nSPS) is 13.6. The van der Waals surface area contributed by atoms with Gasteiger partial charge in [0.05, 0.1) is 16.7 Å². The lowest BCUT2D eigenvalue weighted by atomic mass is 10.0. The van der Waals surface area contributed by atoms with Gasteiger partial charge in [0.1, 0.15) is 0 Å². The number of amides is 3. The fourth-order valence-electron chi connectivity index (χ4n) is 3.31. The zero-order chi connectivity index (χ0) is 22.1. The van der Waals surface area contributed by atoms with Crippen molar-refractivity contribution in [1.82, 2.24) is 9.80 Å². The number of unbranched alkanes of at least 4 members (excludes halogenated alkanes) is 1. The number of benzene rings is 2. The molecule has 3 amide bonds. The Kier molecular flexibility index (Phi) is 5.96. The molecule has 8 heteroatoms. The lowest BCUT2D eigenvalue weighted by Crippen LogP contribution is -2.30. The average molecular weight is 418 g/mol. The second-order valence-electron chi connectivity index (χ2n) is 7.23. The Morgan fingerprint density at radius 3 is 2.23 bits per heavy atom. The largest absolute Gasteiger partial charge is 0.416 e. The van der Waals surface area contributed by atoms with Gasteiger partial charge in [0.25, 0.3) is 17.7 Å². The van der Waals surface area contributed by atoms with E-state index in [9.17, 15) is 27.6 Å². The van der Waals surface area contributed by atoms with Gasteiger partial charge in [0.15, 0.2) is 0 Å². The number of carbonyl (C=O) groups excluding carboxylic acids is 3. The molecule has 0 N–H and O–H groups in total. The monoisotopic (exact) mass is 418 g/mol. The maximum atomic E-state index is 12.8. The molecule has 0 aromatic heterocycles. The van der Waals surface area contributed by atoms with Crippen molar-refractivity contribution in [2.75, 3.05) is 13.6 Å². The molecule has 0 saturated carbocycles. The van der Waals surface area contributed by atoms with Crippen molar-refractivity contribution < 1.29 is 27.6 Å². The van der Waals surface area contributed by atoms with Crippen LogP contribution >= 0.6 is 0 Å². The summed E-state index contributed by atoms with van der Waals surface area (Å²) in [6, 6.07) is 8.95. The van der Waals surface area contributed by atoms with Gasteiger partial charge in [-0.2, -0.15) is 13.2 Å². The highest BCUT2D eigenvalue weighted by Crippen LogP contribution is 2.29. The molecule has 0 spiro atoms. The Morgan fingerprint density at radius 1 is 1.00 bits per heavy atom. The van der Waals surface area contributed by atoms with E-state index in [1.807, 2.05) is 6.92 Å². The molecule has 0 radical (unpaired) electrons. The standard InChI is InChI=1S/C22H21F3N2O3/c1-3-4-11-27-20(29)17-10-7-15(12-18(17)21(27)30)19(28)26(2)13-14-5-8-16(9-6-14)22(23,24)25/h5-10,12H,3-4,11,13H2,1-2H3. The molecule has 3 rings (SSSR count). The highest BCUT2D eigenvalue weighted by Gasteiger charge is 2.35. The van der Waals surface area contributed by atoms with E-state index in [1.54, 1.807) is 0 Å². The fourth-order valence-corrected chi connectivity index (χ4v) is 3.31. The first kappa shape index (κ1) is 21.5. The van der Waals surface area contributed by atoms with Crippen molar-refractivity contribution in [1.29, 1.82) is 0 Å². The molecule has 1 aliphatic heterocycles. The third-order valence-corrected chi connectivity index (χ3v) is 5.00. The molecule has 0 aliphatic carbocycles. The lowest BCUT2D eigenvalue weighted by Gasteiger charge is -2.18. The van der Waals surface area contributed by atoms with Gasteiger partial charge in [-0.1, -0.05) is 25.5 Å². The summed E-state index contributed by atoms with van der Waals surface area (Å²) in [7, 11) is 1.52. The molecule has 2 aromatic rings. The van der Waals surface area contributed by atoms with E-state index in [0.29, 0.717) is 18.5 Å². The van der Waals surface area contributed by atoms with Crippen LogP contribution in [0.4, 0.5) is 13.2 Å². The summed E-state index contributed by atoms with van der Waals surface area (Å²) in [5, 5.41) is 0. The van der Waals surface area contributed by atoms with Crippen LogP contribution in [0.3, 0.4) is 0 Å². The Balaban J connectivity index is 1.74. The topological polar surface area (TPSA) is 57.7 Å². The van der Waals surface area contributed by atoms with Gasteiger partial charge < -0.3 is 4.90 Å². The number of rotatable bonds is 6. The van der Waals surface area contributed by atoms with Gasteiger partial charge >= 0.3 is 6.18 Å². The van der Waals surface area contributed by atoms with E-state index in [2.05, 4.69) is 0 Å². The first-order valence-corrected chi connectivity index (χ1v) is 9.55. The minimum Gasteiger partial charge on any atom is -0.337 e. The minimum atomic E-state index is -4.42. The molecule has 1 aliphatic rings. The number of halogens is 3. The van der Waals surface area contributed by atoms with Crippen LogP contribution in [0, 0.1) is 0 Å². The van der Waals surface area contributed by atoms with Crippen molar-refractivity contribution in [2.24, 2.45) is 0 Å². The van der Waals surface area contributed by atoms with E-state index < -0.39 is 23.6 Å². The first-order valence-electron chi connectivity index (χ1n) is 9.55. The second-order valence-corrected chi connectivity index (χ2v) is 7.23. The summed E-state index contributed by atoms with van der Waals surface area (Å²) in [6.45, 7) is 2.39. The SMILES string of the molecule is CCCCN1C(=O)c2ccc(C(=O)N(C)Cc3ccc(C(F)(F)F)cc3)cc2C1=O. The van der Waals surface area contributed by atoms with E-state index in [-0.39, 0.29) is 29.1 Å². The van der Waals surface area contributed by atoms with Crippen LogP contribution < -0.4 is 0 Å². The molecule has 30 heavy (non-hydrogen) atoms. The Bertz CT molecular complexity index is 984. The number of alkyl halides is 3. The molecule has 0 saturated heterocycles. The summed E-state index contributed by atoms with van der Waals surface area (Å²) in [6.07, 6.45) is -2.88. The molecule has 0 fully saturated rings. The van der Waals surface area contributed by atoms with Crippen LogP contribution in [-0.4, -0.2) is 41.1 Å². The van der Waals surface area contributed by atoms with Crippen molar-refractivity contribution in [3.8, 4) is 0 Å². The lowest BCUT2D eigenvalue weighted by molar-refractivity contribution is -0.137. The van der Waals surface area contributed by atoms with Gasteiger partial charge in [0, 0.05) is 25.7 Å². The van der Waals surface area contributed by atoms with Crippen molar-refractivity contribution >= 4 is 17.7 Å². The summed E-state index contributed by atoms with van der Waals surface area (Å²) >= 11 is 0. The molecule has 0 bridgehead atoms. The van der Waals surface area contributed by atoms with Gasteiger partial charge in [-0.05, 0) is 42.3 Å². The number of hydrogen-bond acceptors (Lipinski definition) is 3. The number of fused-ring (bicyclic) bond motifs is 1. The second kappa shape index (κ2) is 8.30. The molecule has 158 valence electrons. The van der Waals surface area contributed by atoms with E-state index in [1.165, 1.54) is 47.2 Å². The third-order valence-electron chi connectivity index (χ3n) is 5.00. The first-order chi connectivity index (χ1) is 14.1.